The Morgan fingerprint density at radius 1 is 0.371 bits per heavy atom. The van der Waals surface area contributed by atoms with Gasteiger partial charge in [0.05, 0.1) is 119 Å². The Hall–Kier alpha value is -9.09. The van der Waals surface area contributed by atoms with E-state index in [9.17, 15) is 24.0 Å². The van der Waals surface area contributed by atoms with Crippen LogP contribution in [-0.4, -0.2) is 313 Å². The van der Waals surface area contributed by atoms with E-state index in [0.717, 1.165) is 244 Å². The van der Waals surface area contributed by atoms with Gasteiger partial charge in [0.25, 0.3) is 0 Å². The van der Waals surface area contributed by atoms with Crippen LogP contribution >= 0.6 is 0 Å². The van der Waals surface area contributed by atoms with Crippen LogP contribution in [0.2, 0.25) is 0 Å². The Balaban J connectivity index is 0.000000169. The number of likely N-dealkylation sites (N-methyl/N-ethyl adjacent to an activating group) is 3. The van der Waals surface area contributed by atoms with E-state index in [1.165, 1.54) is 42.3 Å². The number of morpholine rings is 5. The topological polar surface area (TPSA) is 250 Å². The summed E-state index contributed by atoms with van der Waals surface area (Å²) in [6.45, 7) is 26.1. The van der Waals surface area contributed by atoms with Crippen molar-refractivity contribution in [3.05, 3.63) is 149 Å². The van der Waals surface area contributed by atoms with Crippen molar-refractivity contribution >= 4 is 92.1 Å². The van der Waals surface area contributed by atoms with Crippen LogP contribution in [0.1, 0.15) is 78.8 Å². The van der Waals surface area contributed by atoms with Crippen LogP contribution in [-0.2, 0) is 116 Å². The Morgan fingerprint density at radius 3 is 1.12 bits per heavy atom. The van der Waals surface area contributed by atoms with E-state index in [4.69, 9.17) is 52.1 Å². The average molecular weight is 1720 g/mol. The van der Waals surface area contributed by atoms with Gasteiger partial charge < -0.3 is 122 Å². The van der Waals surface area contributed by atoms with Crippen molar-refractivity contribution in [1.82, 2.24) is 14.7 Å². The number of anilines is 11. The van der Waals surface area contributed by atoms with Gasteiger partial charge >= 0.3 is 0 Å². The number of carbonyl (C=O) groups is 5. The number of benzene rings is 6. The Kier molecular flexibility index (Phi) is 42.0. The minimum absolute atomic E-state index is 0.0208. The number of methoxy groups -OCH3 is 6. The third-order valence-electron chi connectivity index (χ3n) is 22.5. The lowest BCUT2D eigenvalue weighted by Crippen LogP contribution is -2.42. The molecule has 30 nitrogen and oxygen atoms in total. The maximum atomic E-state index is 12.2. The maximum absolute atomic E-state index is 12.2. The number of hydrogen-bond donors (Lipinski definition) is 2. The smallest absolute Gasteiger partial charge is 0.240 e. The molecule has 682 valence electrons. The van der Waals surface area contributed by atoms with Crippen LogP contribution in [0.4, 0.5) is 62.6 Å². The van der Waals surface area contributed by atoms with Gasteiger partial charge in [-0.25, -0.2) is 0 Å². The fraction of sp³-hybridized carbons (Fsp3) is 0.564. The number of amides is 5. The van der Waals surface area contributed by atoms with Crippen LogP contribution < -0.4 is 54.7 Å². The SMILES string of the molecule is COCc1cc(N(C)C(=O)CN(C)C)ccc1N1CCOCC1.COCc1cc(N2CCCC2=O)ccc1N1CCC(N(C)C)CC1.COCc1cc(NC(=O)CN(C)C)ccc1N1CCOCC1.COCc1cc(NC(C)=O)ccc1N1CCOCC1.COCc1ccc(N2CCCC2=O)cc1N1CCOCC1.COCc1ccccc1N1CCOCC1. The van der Waals surface area contributed by atoms with E-state index >= 15 is 0 Å². The van der Waals surface area contributed by atoms with Gasteiger partial charge in [-0.2, -0.15) is 0 Å². The van der Waals surface area contributed by atoms with Crippen molar-refractivity contribution in [2.45, 2.75) is 91.1 Å². The molecule has 124 heavy (non-hydrogen) atoms. The number of nitrogens with zero attached hydrogens (tertiary/aromatic N) is 12. The molecule has 8 aliphatic rings. The number of rotatable bonds is 28. The van der Waals surface area contributed by atoms with E-state index in [1.54, 1.807) is 47.6 Å². The van der Waals surface area contributed by atoms with Crippen molar-refractivity contribution in [2.75, 3.05) is 318 Å². The highest BCUT2D eigenvalue weighted by atomic mass is 16.5. The van der Waals surface area contributed by atoms with Gasteiger partial charge in [0.15, 0.2) is 0 Å². The molecule has 0 radical (unpaired) electrons. The molecule has 8 aliphatic heterocycles. The number of para-hydroxylation sites is 1. The first-order valence-corrected chi connectivity index (χ1v) is 43.6. The van der Waals surface area contributed by atoms with Crippen LogP contribution in [0.25, 0.3) is 0 Å². The normalized spacial score (nSPS) is 16.9. The molecule has 8 fully saturated rings. The monoisotopic (exact) mass is 1720 g/mol. The minimum atomic E-state index is -0.0671. The van der Waals surface area contributed by atoms with Crippen LogP contribution in [0, 0.1) is 0 Å². The van der Waals surface area contributed by atoms with E-state index in [1.807, 2.05) is 109 Å². The minimum Gasteiger partial charge on any atom is -0.380 e. The lowest BCUT2D eigenvalue weighted by Gasteiger charge is -2.37. The molecule has 14 rings (SSSR count). The van der Waals surface area contributed by atoms with Crippen molar-refractivity contribution in [3.8, 4) is 0 Å². The summed E-state index contributed by atoms with van der Waals surface area (Å²) in [7, 11) is 23.9. The molecule has 30 heteroatoms. The fourth-order valence-corrected chi connectivity index (χ4v) is 16.3. The summed E-state index contributed by atoms with van der Waals surface area (Å²) in [5.41, 5.74) is 18.5. The summed E-state index contributed by atoms with van der Waals surface area (Å²) in [4.78, 5) is 84.7. The number of nitrogens with one attached hydrogen (secondary N) is 2. The summed E-state index contributed by atoms with van der Waals surface area (Å²) in [6, 6.07) is 39.7. The van der Waals surface area contributed by atoms with E-state index in [-0.39, 0.29) is 29.5 Å². The maximum Gasteiger partial charge on any atom is 0.240 e. The molecular weight excluding hydrogens is 1580 g/mol. The summed E-state index contributed by atoms with van der Waals surface area (Å²) in [5, 5.41) is 5.72. The molecule has 5 amide bonds. The lowest BCUT2D eigenvalue weighted by molar-refractivity contribution is -0.119. The Morgan fingerprint density at radius 2 is 0.718 bits per heavy atom. The third kappa shape index (κ3) is 30.6. The zero-order valence-corrected chi connectivity index (χ0v) is 76.3. The first-order valence-electron chi connectivity index (χ1n) is 43.6. The van der Waals surface area contributed by atoms with Crippen LogP contribution in [0.3, 0.4) is 0 Å². The van der Waals surface area contributed by atoms with E-state index in [2.05, 4.69) is 120 Å². The quantitative estimate of drug-likeness (QED) is 0.0463. The third-order valence-corrected chi connectivity index (χ3v) is 22.5. The largest absolute Gasteiger partial charge is 0.380 e. The second-order valence-electron chi connectivity index (χ2n) is 32.5. The highest BCUT2D eigenvalue weighted by Crippen LogP contribution is 2.36. The predicted molar refractivity (Wildman–Crippen MR) is 494 cm³/mol. The standard InChI is InChI=1S/C19H29N3O2.C17H27N3O3.C16H25N3O3.C16H22N2O3.C14H20N2O3.C12H17NO2/c1-20(2)16-8-11-21(12-9-16)18-7-6-17(13-15(18)14-24-3)22-10-4-5-19(22)23;1-18(2)12-17(21)19(3)15-5-6-16(14(11-15)13-22-4)20-7-9-23-10-8-20;1-18(2)11-16(20)17-14-4-5-15(13(10-14)12-21-3)19-6-8-22-9-7-19;1-20-12-13-4-5-14(18-6-2-3-16(18)19)11-15(13)17-7-9-21-10-8-17;1-11(17)15-13-3-4-14(12(9-13)10-18-2)16-5-7-19-8-6-16;1-14-10-11-4-2-3-5-12(11)13-6-8-15-9-7-13/h6-7,13,16H,4-5,8-12,14H2,1-3H3;5-6,11H,7-10,12-13H2,1-4H3;4-5,10H,6-9,11-12H2,1-3H3,(H,17,20);4-5,11H,2-3,6-10,12H2,1H3;3-4,9H,5-8,10H2,1-2H3,(H,15,17);2-5H,6-10H2,1H3. The molecule has 0 spiro atoms. The number of carbonyl (C=O) groups excluding carboxylic acids is 5. The molecule has 6 aromatic rings. The Labute approximate surface area is 736 Å². The van der Waals surface area contributed by atoms with Gasteiger partial charge in [0, 0.05) is 263 Å². The van der Waals surface area contributed by atoms with Gasteiger partial charge in [-0.05, 0) is 159 Å². The van der Waals surface area contributed by atoms with E-state index in [0.29, 0.717) is 71.6 Å². The molecule has 8 heterocycles. The second kappa shape index (κ2) is 52.8. The second-order valence-corrected chi connectivity index (χ2v) is 32.5. The molecule has 2 N–H and O–H groups in total. The summed E-state index contributed by atoms with van der Waals surface area (Å²) < 4.78 is 58.8. The van der Waals surface area contributed by atoms with Crippen LogP contribution in [0.15, 0.2) is 115 Å². The molecule has 0 atom stereocenters. The highest BCUT2D eigenvalue weighted by molar-refractivity contribution is 5.97. The molecular formula is C94H140N14O16. The molecule has 0 bridgehead atoms. The average Bonchev–Trinajstić information content (AvgIpc) is 1.25. The highest BCUT2D eigenvalue weighted by Gasteiger charge is 2.29. The van der Waals surface area contributed by atoms with Crippen molar-refractivity contribution in [2.24, 2.45) is 0 Å². The molecule has 0 unspecified atom stereocenters. The van der Waals surface area contributed by atoms with Gasteiger partial charge in [-0.15, -0.1) is 0 Å². The van der Waals surface area contributed by atoms with E-state index < -0.39 is 0 Å². The van der Waals surface area contributed by atoms with Crippen molar-refractivity contribution in [3.63, 3.8) is 0 Å². The van der Waals surface area contributed by atoms with Gasteiger partial charge in [0.2, 0.25) is 29.5 Å². The predicted octanol–water partition coefficient (Wildman–Crippen LogP) is 9.95. The van der Waals surface area contributed by atoms with Crippen molar-refractivity contribution in [1.29, 1.82) is 0 Å². The van der Waals surface area contributed by atoms with Gasteiger partial charge in [-0.1, -0.05) is 24.3 Å². The number of piperidine rings is 1. The lowest BCUT2D eigenvalue weighted by atomic mass is 10.0. The zero-order chi connectivity index (χ0) is 88.7. The summed E-state index contributed by atoms with van der Waals surface area (Å²) in [5.74, 6) is 0.438. The number of hydrogen-bond acceptors (Lipinski definition) is 25. The first kappa shape index (κ1) is 98.7. The molecule has 6 aromatic carbocycles. The number of ether oxygens (including phenoxy) is 11. The zero-order valence-electron chi connectivity index (χ0n) is 76.3. The van der Waals surface area contributed by atoms with Crippen LogP contribution in [0.5, 0.6) is 0 Å². The Bertz CT molecular complexity index is 4240. The molecule has 8 saturated heterocycles. The molecule has 0 aromatic heterocycles. The first-order chi connectivity index (χ1) is 60.1. The van der Waals surface area contributed by atoms with Gasteiger partial charge in [-0.3, -0.25) is 24.0 Å². The molecule has 0 saturated carbocycles. The molecule has 0 aliphatic carbocycles. The summed E-state index contributed by atoms with van der Waals surface area (Å²) >= 11 is 0. The summed E-state index contributed by atoms with van der Waals surface area (Å²) in [6.07, 6.45) is 5.60. The fourth-order valence-electron chi connectivity index (χ4n) is 16.3. The van der Waals surface area contributed by atoms with Gasteiger partial charge in [0.1, 0.15) is 0 Å². The van der Waals surface area contributed by atoms with Crippen molar-refractivity contribution < 1.29 is 76.1 Å².